The van der Waals surface area contributed by atoms with Crippen molar-refractivity contribution >= 4 is 21.6 Å². The van der Waals surface area contributed by atoms with Gasteiger partial charge in [-0.1, -0.05) is 19.8 Å². The van der Waals surface area contributed by atoms with Gasteiger partial charge in [0.25, 0.3) is 0 Å². The predicted molar refractivity (Wildman–Crippen MR) is 85.8 cm³/mol. The van der Waals surface area contributed by atoms with Gasteiger partial charge in [0.1, 0.15) is 0 Å². The van der Waals surface area contributed by atoms with Crippen LogP contribution in [0.15, 0.2) is 0 Å². The van der Waals surface area contributed by atoms with Gasteiger partial charge in [-0.2, -0.15) is 0 Å². The Morgan fingerprint density at radius 3 is 2.60 bits per heavy atom. The van der Waals surface area contributed by atoms with Crippen LogP contribution in [0, 0.1) is 5.92 Å². The molecule has 1 rings (SSSR count). The molecule has 1 N–H and O–H groups in total. The van der Waals surface area contributed by atoms with Gasteiger partial charge in [-0.25, -0.2) is 13.1 Å². The fourth-order valence-corrected chi connectivity index (χ4v) is 4.47. The van der Waals surface area contributed by atoms with Crippen LogP contribution in [0.4, 0.5) is 0 Å². The van der Waals surface area contributed by atoms with E-state index in [9.17, 15) is 8.42 Å². The van der Waals surface area contributed by atoms with Crippen molar-refractivity contribution in [3.8, 4) is 0 Å². The first-order valence-electron chi connectivity index (χ1n) is 7.52. The van der Waals surface area contributed by atoms with Gasteiger partial charge in [-0.05, 0) is 45.7 Å². The van der Waals surface area contributed by atoms with Crippen molar-refractivity contribution in [1.29, 1.82) is 0 Å². The molecule has 0 radical (unpaired) electrons. The van der Waals surface area contributed by atoms with Crippen LogP contribution < -0.4 is 4.72 Å². The fraction of sp³-hybridized carbons (Fsp3) is 1.00. The molecule has 0 aromatic rings. The second kappa shape index (κ2) is 7.97. The van der Waals surface area contributed by atoms with Gasteiger partial charge < -0.3 is 4.90 Å². The first kappa shape index (κ1) is 18.2. The Morgan fingerprint density at radius 1 is 1.35 bits per heavy atom. The number of likely N-dealkylation sites (N-methyl/N-ethyl adjacent to an activating group) is 1. The Labute approximate surface area is 129 Å². The average molecular weight is 325 g/mol. The van der Waals surface area contributed by atoms with Crippen molar-refractivity contribution in [1.82, 2.24) is 9.62 Å². The molecule has 6 heteroatoms. The number of sulfonamides is 1. The highest BCUT2D eigenvalue weighted by Crippen LogP contribution is 2.35. The zero-order chi connectivity index (χ0) is 15.2. The highest BCUT2D eigenvalue weighted by Gasteiger charge is 2.37. The summed E-state index contributed by atoms with van der Waals surface area (Å²) in [5.41, 5.74) is -0.0305. The number of rotatable bonds is 8. The standard InChI is InChI=1S/C14H29ClN2O2S/c1-13-7-6-8-14(11-13,17(2)3)12-16-20(18,19)10-5-4-9-15/h13,16H,4-12H2,1-3H3. The van der Waals surface area contributed by atoms with Gasteiger partial charge in [-0.15, -0.1) is 11.6 Å². The van der Waals surface area contributed by atoms with Gasteiger partial charge >= 0.3 is 0 Å². The van der Waals surface area contributed by atoms with Crippen molar-refractivity contribution in [3.05, 3.63) is 0 Å². The van der Waals surface area contributed by atoms with E-state index in [1.54, 1.807) is 0 Å². The summed E-state index contributed by atoms with van der Waals surface area (Å²) in [5, 5.41) is 0. The van der Waals surface area contributed by atoms with Crippen molar-refractivity contribution in [2.75, 3.05) is 32.3 Å². The van der Waals surface area contributed by atoms with Crippen molar-refractivity contribution in [2.45, 2.75) is 51.0 Å². The highest BCUT2D eigenvalue weighted by atomic mass is 35.5. The first-order chi connectivity index (χ1) is 9.31. The van der Waals surface area contributed by atoms with E-state index >= 15 is 0 Å². The van der Waals surface area contributed by atoms with E-state index in [0.717, 1.165) is 19.3 Å². The number of alkyl halides is 1. The summed E-state index contributed by atoms with van der Waals surface area (Å²) in [4.78, 5) is 2.20. The van der Waals surface area contributed by atoms with Crippen LogP contribution in [-0.2, 0) is 10.0 Å². The SMILES string of the molecule is CC1CCCC(CNS(=O)(=O)CCCCCl)(N(C)C)C1. The minimum absolute atomic E-state index is 0.0305. The fourth-order valence-electron chi connectivity index (χ4n) is 3.06. The van der Waals surface area contributed by atoms with Gasteiger partial charge in [0.15, 0.2) is 0 Å². The van der Waals surface area contributed by atoms with Gasteiger partial charge in [0, 0.05) is 18.0 Å². The molecular weight excluding hydrogens is 296 g/mol. The lowest BCUT2D eigenvalue weighted by Gasteiger charge is -2.45. The zero-order valence-electron chi connectivity index (χ0n) is 13.0. The van der Waals surface area contributed by atoms with Crippen LogP contribution in [0.3, 0.4) is 0 Å². The second-order valence-corrected chi connectivity index (χ2v) is 8.66. The highest BCUT2D eigenvalue weighted by molar-refractivity contribution is 7.89. The molecule has 2 unspecified atom stereocenters. The third-order valence-electron chi connectivity index (χ3n) is 4.43. The van der Waals surface area contributed by atoms with Gasteiger partial charge in [-0.3, -0.25) is 0 Å². The molecule has 1 saturated carbocycles. The van der Waals surface area contributed by atoms with Crippen LogP contribution >= 0.6 is 11.6 Å². The predicted octanol–water partition coefficient (Wildman–Crippen LogP) is 2.44. The number of nitrogens with zero attached hydrogens (tertiary/aromatic N) is 1. The molecule has 1 aliphatic carbocycles. The van der Waals surface area contributed by atoms with Crippen LogP contribution in [0.1, 0.15) is 45.4 Å². The van der Waals surface area contributed by atoms with E-state index < -0.39 is 10.0 Å². The van der Waals surface area contributed by atoms with Crippen molar-refractivity contribution in [2.24, 2.45) is 5.92 Å². The topological polar surface area (TPSA) is 49.4 Å². The molecule has 120 valence electrons. The van der Waals surface area contributed by atoms with Crippen LogP contribution in [0.25, 0.3) is 0 Å². The number of unbranched alkanes of at least 4 members (excludes halogenated alkanes) is 1. The van der Waals surface area contributed by atoms with Crippen molar-refractivity contribution < 1.29 is 8.42 Å². The Morgan fingerprint density at radius 2 is 2.05 bits per heavy atom. The molecular formula is C14H29ClN2O2S. The summed E-state index contributed by atoms with van der Waals surface area (Å²) in [6.45, 7) is 2.78. The molecule has 0 bridgehead atoms. The summed E-state index contributed by atoms with van der Waals surface area (Å²) in [6, 6.07) is 0. The summed E-state index contributed by atoms with van der Waals surface area (Å²) in [6.07, 6.45) is 5.92. The summed E-state index contributed by atoms with van der Waals surface area (Å²) in [7, 11) is 0.933. The molecule has 0 spiro atoms. The molecule has 1 aliphatic rings. The van der Waals surface area contributed by atoms with E-state index in [-0.39, 0.29) is 11.3 Å². The lowest BCUT2D eigenvalue weighted by atomic mass is 9.75. The number of nitrogens with one attached hydrogen (secondary N) is 1. The Bertz CT molecular complexity index is 387. The normalized spacial score (nSPS) is 27.9. The Balaban J connectivity index is 2.59. The third kappa shape index (κ3) is 5.51. The van der Waals surface area contributed by atoms with E-state index in [4.69, 9.17) is 11.6 Å². The minimum Gasteiger partial charge on any atom is -0.302 e. The van der Waals surface area contributed by atoms with E-state index in [2.05, 4.69) is 30.6 Å². The molecule has 4 nitrogen and oxygen atoms in total. The number of hydrogen-bond acceptors (Lipinski definition) is 3. The maximum atomic E-state index is 12.0. The van der Waals surface area contributed by atoms with Crippen LogP contribution in [0.2, 0.25) is 0 Å². The first-order valence-corrected chi connectivity index (χ1v) is 9.71. The molecule has 0 amide bonds. The molecule has 1 fully saturated rings. The lowest BCUT2D eigenvalue weighted by Crippen LogP contribution is -2.55. The quantitative estimate of drug-likeness (QED) is 0.551. The maximum Gasteiger partial charge on any atom is 0.211 e. The largest absolute Gasteiger partial charge is 0.302 e. The maximum absolute atomic E-state index is 12.0. The van der Waals surface area contributed by atoms with E-state index in [1.807, 2.05) is 0 Å². The summed E-state index contributed by atoms with van der Waals surface area (Å²) in [5.74, 6) is 1.36. The summed E-state index contributed by atoms with van der Waals surface area (Å²) < 4.78 is 26.9. The van der Waals surface area contributed by atoms with Crippen LogP contribution in [-0.4, -0.2) is 51.1 Å². The Hall–Kier alpha value is 0.160. The molecule has 0 aliphatic heterocycles. The zero-order valence-corrected chi connectivity index (χ0v) is 14.6. The third-order valence-corrected chi connectivity index (χ3v) is 6.11. The van der Waals surface area contributed by atoms with Gasteiger partial charge in [0.05, 0.1) is 5.75 Å². The lowest BCUT2D eigenvalue weighted by molar-refractivity contribution is 0.0805. The summed E-state index contributed by atoms with van der Waals surface area (Å²) >= 11 is 5.59. The minimum atomic E-state index is -3.18. The Kier molecular flexibility index (Phi) is 7.25. The van der Waals surface area contributed by atoms with Crippen molar-refractivity contribution in [3.63, 3.8) is 0 Å². The molecule has 2 atom stereocenters. The molecule has 20 heavy (non-hydrogen) atoms. The monoisotopic (exact) mass is 324 g/mol. The second-order valence-electron chi connectivity index (χ2n) is 6.36. The average Bonchev–Trinajstić information content (AvgIpc) is 2.37. The molecule has 0 aromatic carbocycles. The molecule has 0 aromatic heterocycles. The van der Waals surface area contributed by atoms with Gasteiger partial charge in [0.2, 0.25) is 10.0 Å². The smallest absolute Gasteiger partial charge is 0.211 e. The van der Waals surface area contributed by atoms with E-state index in [0.29, 0.717) is 24.8 Å². The van der Waals surface area contributed by atoms with E-state index in [1.165, 1.54) is 12.8 Å². The molecule has 0 saturated heterocycles. The number of hydrogen-bond donors (Lipinski definition) is 1. The molecule has 0 heterocycles. The number of halogens is 1. The van der Waals surface area contributed by atoms with Crippen LogP contribution in [0.5, 0.6) is 0 Å².